The van der Waals surface area contributed by atoms with Gasteiger partial charge in [-0.1, -0.05) is 38.2 Å². The van der Waals surface area contributed by atoms with Gasteiger partial charge in [0.15, 0.2) is 0 Å². The molecule has 0 aliphatic carbocycles. The number of carbonyl (C=O) groups is 1. The van der Waals surface area contributed by atoms with Crippen molar-refractivity contribution >= 4 is 16.7 Å². The van der Waals surface area contributed by atoms with Crippen molar-refractivity contribution in [1.29, 1.82) is 0 Å². The summed E-state index contributed by atoms with van der Waals surface area (Å²) < 4.78 is 13.2. The highest BCUT2D eigenvalue weighted by Gasteiger charge is 2.09. The molecule has 0 saturated carbocycles. The van der Waals surface area contributed by atoms with Crippen molar-refractivity contribution in [3.63, 3.8) is 0 Å². The van der Waals surface area contributed by atoms with Crippen LogP contribution in [0.1, 0.15) is 64.2 Å². The van der Waals surface area contributed by atoms with Crippen LogP contribution in [0.3, 0.4) is 0 Å². The number of unbranched alkanes of at least 4 members (excludes halogenated alkanes) is 6. The van der Waals surface area contributed by atoms with Crippen molar-refractivity contribution in [2.45, 2.75) is 70.8 Å². The Morgan fingerprint density at radius 2 is 1.71 bits per heavy atom. The molecule has 0 fully saturated rings. The maximum atomic E-state index is 11.6. The van der Waals surface area contributed by atoms with E-state index in [9.17, 15) is 4.79 Å². The zero-order chi connectivity index (χ0) is 20.2. The molecule has 4 heteroatoms. The van der Waals surface area contributed by atoms with Crippen molar-refractivity contribution in [2.75, 3.05) is 14.2 Å². The fraction of sp³-hybridized carbons (Fsp3) is 0.542. The molecular formula is C24H35NO3. The third-order valence-corrected chi connectivity index (χ3v) is 5.26. The second-order valence-electron chi connectivity index (χ2n) is 7.36. The van der Waals surface area contributed by atoms with E-state index in [4.69, 9.17) is 9.47 Å². The smallest absolute Gasteiger partial charge is 0.133 e. The van der Waals surface area contributed by atoms with E-state index in [1.807, 2.05) is 12.1 Å². The lowest BCUT2D eigenvalue weighted by atomic mass is 10.0. The largest absolute Gasteiger partial charge is 0.497 e. The molecule has 0 amide bonds. The lowest BCUT2D eigenvalue weighted by molar-refractivity contribution is -0.119. The summed E-state index contributed by atoms with van der Waals surface area (Å²) in [6.07, 6.45) is 14.5. The Morgan fingerprint density at radius 1 is 1.00 bits per heavy atom. The number of hydrogen-bond donors (Lipinski definition) is 0. The normalized spacial score (nSPS) is 10.9. The number of ketones is 1. The molecule has 0 unspecified atom stereocenters. The number of fused-ring (bicyclic) bond motifs is 1. The van der Waals surface area contributed by atoms with Crippen LogP contribution in [-0.4, -0.2) is 24.6 Å². The Labute approximate surface area is 169 Å². The minimum absolute atomic E-state index is 0.382. The van der Waals surface area contributed by atoms with Crippen LogP contribution >= 0.6 is 0 Å². The number of ether oxygens (including phenoxy) is 2. The van der Waals surface area contributed by atoms with Gasteiger partial charge in [0.2, 0.25) is 0 Å². The van der Waals surface area contributed by atoms with Gasteiger partial charge in [0, 0.05) is 43.1 Å². The number of benzene rings is 1. The highest BCUT2D eigenvalue weighted by molar-refractivity contribution is 5.88. The number of carbonyl (C=O) groups excluding carboxylic acids is 1. The first kappa shape index (κ1) is 22.1. The van der Waals surface area contributed by atoms with Gasteiger partial charge in [-0.25, -0.2) is 0 Å². The molecule has 154 valence electrons. The zero-order valence-corrected chi connectivity index (χ0v) is 17.5. The van der Waals surface area contributed by atoms with Crippen LogP contribution in [0, 0.1) is 0 Å². The standard InChI is InChI=1S/C24H35NO3/c1-4-5-13-20(26)14-11-9-7-6-8-10-12-16-25-17-15-22-23(25)18-21(27-2)19-24(22)28-3/h4,15,17-19H,1,5-14,16H2,2-3H3. The minimum Gasteiger partial charge on any atom is -0.497 e. The highest BCUT2D eigenvalue weighted by atomic mass is 16.5. The Hall–Kier alpha value is -2.23. The fourth-order valence-electron chi connectivity index (χ4n) is 3.60. The van der Waals surface area contributed by atoms with Gasteiger partial charge in [0.1, 0.15) is 17.3 Å². The van der Waals surface area contributed by atoms with Gasteiger partial charge in [0.25, 0.3) is 0 Å². The summed E-state index contributed by atoms with van der Waals surface area (Å²) in [4.78, 5) is 11.6. The van der Waals surface area contributed by atoms with E-state index < -0.39 is 0 Å². The van der Waals surface area contributed by atoms with Gasteiger partial charge in [-0.3, -0.25) is 4.79 Å². The quantitative estimate of drug-likeness (QED) is 0.266. The zero-order valence-electron chi connectivity index (χ0n) is 17.5. The summed E-state index contributed by atoms with van der Waals surface area (Å²) in [6, 6.07) is 6.12. The third kappa shape index (κ3) is 6.74. The number of rotatable bonds is 15. The Morgan fingerprint density at radius 3 is 2.39 bits per heavy atom. The van der Waals surface area contributed by atoms with Crippen molar-refractivity contribution in [3.8, 4) is 11.5 Å². The average molecular weight is 386 g/mol. The number of aryl methyl sites for hydroxylation is 1. The Bertz CT molecular complexity index is 748. The summed E-state index contributed by atoms with van der Waals surface area (Å²) in [6.45, 7) is 4.67. The first-order valence-electron chi connectivity index (χ1n) is 10.5. The topological polar surface area (TPSA) is 40.5 Å². The van der Waals surface area contributed by atoms with Crippen LogP contribution in [0.15, 0.2) is 37.1 Å². The third-order valence-electron chi connectivity index (χ3n) is 5.26. The van der Waals surface area contributed by atoms with Gasteiger partial charge in [-0.05, 0) is 25.3 Å². The van der Waals surface area contributed by atoms with Crippen LogP contribution in [0.5, 0.6) is 11.5 Å². The van der Waals surface area contributed by atoms with Gasteiger partial charge in [0.05, 0.1) is 19.7 Å². The van der Waals surface area contributed by atoms with E-state index in [2.05, 4.69) is 29.5 Å². The second-order valence-corrected chi connectivity index (χ2v) is 7.36. The van der Waals surface area contributed by atoms with Crippen LogP contribution < -0.4 is 9.47 Å². The molecule has 4 nitrogen and oxygen atoms in total. The molecule has 1 aromatic heterocycles. The lowest BCUT2D eigenvalue weighted by Gasteiger charge is -2.09. The van der Waals surface area contributed by atoms with Crippen LogP contribution in [0.2, 0.25) is 0 Å². The number of hydrogen-bond acceptors (Lipinski definition) is 3. The number of nitrogens with zero attached hydrogens (tertiary/aromatic N) is 1. The van der Waals surface area contributed by atoms with Gasteiger partial charge in [-0.2, -0.15) is 0 Å². The molecule has 1 heterocycles. The average Bonchev–Trinajstić information content (AvgIpc) is 3.13. The van der Waals surface area contributed by atoms with Crippen LogP contribution in [0.4, 0.5) is 0 Å². The molecule has 2 rings (SSSR count). The first-order chi connectivity index (χ1) is 13.7. The number of Topliss-reactive ketones (excluding diaryl/α,β-unsaturated/α-hetero) is 1. The van der Waals surface area contributed by atoms with Crippen LogP contribution in [-0.2, 0) is 11.3 Å². The highest BCUT2D eigenvalue weighted by Crippen LogP contribution is 2.32. The summed E-state index contributed by atoms with van der Waals surface area (Å²) in [5, 5.41) is 1.13. The van der Waals surface area contributed by atoms with Crippen molar-refractivity contribution < 1.29 is 14.3 Å². The molecule has 0 atom stereocenters. The number of aromatic nitrogens is 1. The number of allylic oxidation sites excluding steroid dienone is 1. The molecule has 0 N–H and O–H groups in total. The van der Waals surface area contributed by atoms with E-state index >= 15 is 0 Å². The summed E-state index contributed by atoms with van der Waals surface area (Å²) in [5.41, 5.74) is 1.16. The molecule has 0 spiro atoms. The van der Waals surface area contributed by atoms with Gasteiger partial charge < -0.3 is 14.0 Å². The molecule has 0 aliphatic heterocycles. The van der Waals surface area contributed by atoms with E-state index in [1.54, 1.807) is 14.2 Å². The predicted molar refractivity (Wildman–Crippen MR) is 116 cm³/mol. The lowest BCUT2D eigenvalue weighted by Crippen LogP contribution is -1.97. The van der Waals surface area contributed by atoms with Gasteiger partial charge in [-0.15, -0.1) is 6.58 Å². The summed E-state index contributed by atoms with van der Waals surface area (Å²) in [7, 11) is 3.38. The van der Waals surface area contributed by atoms with E-state index in [0.29, 0.717) is 12.2 Å². The maximum Gasteiger partial charge on any atom is 0.133 e. The minimum atomic E-state index is 0.382. The van der Waals surface area contributed by atoms with E-state index in [0.717, 1.165) is 48.2 Å². The van der Waals surface area contributed by atoms with E-state index in [-0.39, 0.29) is 0 Å². The number of methoxy groups -OCH3 is 2. The van der Waals surface area contributed by atoms with Crippen molar-refractivity contribution in [2.24, 2.45) is 0 Å². The molecule has 0 radical (unpaired) electrons. The predicted octanol–water partition coefficient (Wildman–Crippen LogP) is 6.31. The van der Waals surface area contributed by atoms with Gasteiger partial charge >= 0.3 is 0 Å². The second kappa shape index (κ2) is 12.3. The molecule has 0 saturated heterocycles. The molecule has 0 bridgehead atoms. The summed E-state index contributed by atoms with van der Waals surface area (Å²) >= 11 is 0. The molecule has 28 heavy (non-hydrogen) atoms. The van der Waals surface area contributed by atoms with Crippen molar-refractivity contribution in [3.05, 3.63) is 37.1 Å². The van der Waals surface area contributed by atoms with E-state index in [1.165, 1.54) is 38.5 Å². The summed E-state index contributed by atoms with van der Waals surface area (Å²) in [5.74, 6) is 2.07. The molecule has 0 aliphatic rings. The molecular weight excluding hydrogens is 350 g/mol. The SMILES string of the molecule is C=CCCC(=O)CCCCCCCCCn1ccc2c(OC)cc(OC)cc21. The molecule has 1 aromatic carbocycles. The monoisotopic (exact) mass is 385 g/mol. The Balaban J connectivity index is 1.64. The molecule has 2 aromatic rings. The first-order valence-corrected chi connectivity index (χ1v) is 10.5. The fourth-order valence-corrected chi connectivity index (χ4v) is 3.60. The maximum absolute atomic E-state index is 11.6. The van der Waals surface area contributed by atoms with Crippen LogP contribution in [0.25, 0.3) is 10.9 Å². The van der Waals surface area contributed by atoms with Crippen molar-refractivity contribution in [1.82, 2.24) is 4.57 Å². The Kier molecular flexibility index (Phi) is 9.67.